The number of benzene rings is 3. The largest absolute Gasteiger partial charge is 0.489 e. The van der Waals surface area contributed by atoms with Gasteiger partial charge >= 0.3 is 7.12 Å². The summed E-state index contributed by atoms with van der Waals surface area (Å²) in [4.78, 5) is 0. The quantitative estimate of drug-likeness (QED) is 0.482. The van der Waals surface area contributed by atoms with Crippen molar-refractivity contribution in [1.29, 1.82) is 0 Å². The maximum absolute atomic E-state index is 9.12. The molecule has 1 radical (unpaired) electrons. The average molecular weight is 221 g/mol. The molecule has 0 aliphatic heterocycles. The molecule has 3 heteroatoms. The third kappa shape index (κ3) is 1.80. The van der Waals surface area contributed by atoms with E-state index in [2.05, 4.69) is 18.2 Å². The van der Waals surface area contributed by atoms with Crippen molar-refractivity contribution in [1.82, 2.24) is 0 Å². The van der Waals surface area contributed by atoms with Gasteiger partial charge in [-0.2, -0.15) is 0 Å². The first-order chi connectivity index (χ1) is 8.24. The molecule has 0 heterocycles. The molecule has 0 saturated carbocycles. The smallest absolute Gasteiger partial charge is 0.423 e. The summed E-state index contributed by atoms with van der Waals surface area (Å²) in [6, 6.07) is 18.8. The molecule has 0 bridgehead atoms. The monoisotopic (exact) mass is 221 g/mol. The van der Waals surface area contributed by atoms with Crippen LogP contribution in [0.25, 0.3) is 21.5 Å². The van der Waals surface area contributed by atoms with E-state index < -0.39 is 7.12 Å². The van der Waals surface area contributed by atoms with E-state index in [0.29, 0.717) is 5.46 Å². The van der Waals surface area contributed by atoms with Crippen molar-refractivity contribution >= 4 is 34.1 Å². The van der Waals surface area contributed by atoms with Crippen molar-refractivity contribution < 1.29 is 10.0 Å². The Kier molecular flexibility index (Phi) is 2.36. The maximum Gasteiger partial charge on any atom is 0.489 e. The molecule has 0 aliphatic rings. The third-order valence-corrected chi connectivity index (χ3v) is 2.92. The highest BCUT2D eigenvalue weighted by atomic mass is 16.4. The Morgan fingerprint density at radius 1 is 0.824 bits per heavy atom. The topological polar surface area (TPSA) is 40.5 Å². The Morgan fingerprint density at radius 3 is 2.24 bits per heavy atom. The standard InChI is InChI=1S/C14H10BO2/c16-15(17)14-6-5-12-7-10-3-1-2-4-11(10)8-13(12)9-14/h1-8,16-17H. The van der Waals surface area contributed by atoms with Gasteiger partial charge in [0.05, 0.1) is 0 Å². The fourth-order valence-electron chi connectivity index (χ4n) is 2.03. The fraction of sp³-hybridized carbons (Fsp3) is 0. The van der Waals surface area contributed by atoms with E-state index in [9.17, 15) is 0 Å². The normalized spacial score (nSPS) is 10.9. The van der Waals surface area contributed by atoms with Crippen molar-refractivity contribution in [3.8, 4) is 0 Å². The van der Waals surface area contributed by atoms with E-state index in [0.717, 1.165) is 16.2 Å². The Bertz CT molecular complexity index is 692. The molecule has 0 fully saturated rings. The van der Waals surface area contributed by atoms with Gasteiger partial charge in [0, 0.05) is 0 Å². The van der Waals surface area contributed by atoms with Crippen molar-refractivity contribution in [2.24, 2.45) is 0 Å². The van der Waals surface area contributed by atoms with E-state index in [1.807, 2.05) is 30.3 Å². The van der Waals surface area contributed by atoms with E-state index in [4.69, 9.17) is 10.0 Å². The number of rotatable bonds is 1. The lowest BCUT2D eigenvalue weighted by atomic mass is 9.79. The summed E-state index contributed by atoms with van der Waals surface area (Å²) in [7, 11) is -1.47. The highest BCUT2D eigenvalue weighted by Gasteiger charge is 2.11. The van der Waals surface area contributed by atoms with Crippen LogP contribution in [0.4, 0.5) is 0 Å². The SMILES string of the molecule is OB(O)c1[c]c2cc3ccccc3cc2cc1. The van der Waals surface area contributed by atoms with E-state index in [-0.39, 0.29) is 0 Å². The molecular formula is C14H10BO2. The zero-order chi connectivity index (χ0) is 11.8. The lowest BCUT2D eigenvalue weighted by molar-refractivity contribution is 0.426. The first-order valence-corrected chi connectivity index (χ1v) is 5.45. The van der Waals surface area contributed by atoms with Gasteiger partial charge in [-0.25, -0.2) is 0 Å². The van der Waals surface area contributed by atoms with Crippen LogP contribution in [0.15, 0.2) is 48.5 Å². The van der Waals surface area contributed by atoms with Gasteiger partial charge in [-0.1, -0.05) is 36.4 Å². The number of hydrogen-bond acceptors (Lipinski definition) is 2. The third-order valence-electron chi connectivity index (χ3n) is 2.92. The van der Waals surface area contributed by atoms with Crippen LogP contribution in [0.5, 0.6) is 0 Å². The van der Waals surface area contributed by atoms with Crippen molar-refractivity contribution in [2.75, 3.05) is 0 Å². The van der Waals surface area contributed by atoms with Gasteiger partial charge in [0.2, 0.25) is 0 Å². The Balaban J connectivity index is 2.32. The highest BCUT2D eigenvalue weighted by molar-refractivity contribution is 6.58. The summed E-state index contributed by atoms with van der Waals surface area (Å²) in [5, 5.41) is 22.5. The van der Waals surface area contributed by atoms with E-state index >= 15 is 0 Å². The van der Waals surface area contributed by atoms with Gasteiger partial charge in [0.1, 0.15) is 0 Å². The molecule has 2 N–H and O–H groups in total. The first-order valence-electron chi connectivity index (χ1n) is 5.45. The van der Waals surface area contributed by atoms with Crippen LogP contribution in [0.1, 0.15) is 0 Å². The van der Waals surface area contributed by atoms with Crippen LogP contribution in [0.2, 0.25) is 0 Å². The van der Waals surface area contributed by atoms with Crippen molar-refractivity contribution in [3.05, 3.63) is 54.6 Å². The Labute approximate surface area is 99.3 Å². The summed E-state index contributed by atoms with van der Waals surface area (Å²) in [5.41, 5.74) is 0.396. The molecule has 0 amide bonds. The molecule has 0 atom stereocenters. The zero-order valence-electron chi connectivity index (χ0n) is 9.09. The minimum atomic E-state index is -1.47. The molecule has 0 aromatic heterocycles. The van der Waals surface area contributed by atoms with Gasteiger partial charge in [-0.15, -0.1) is 0 Å². The molecule has 3 rings (SSSR count). The summed E-state index contributed by atoms with van der Waals surface area (Å²) in [6.45, 7) is 0. The predicted octanol–water partition coefficient (Wildman–Crippen LogP) is 1.47. The predicted molar refractivity (Wildman–Crippen MR) is 70.1 cm³/mol. The van der Waals surface area contributed by atoms with Gasteiger partial charge in [0.25, 0.3) is 0 Å². The lowest BCUT2D eigenvalue weighted by Gasteiger charge is -2.04. The second kappa shape index (κ2) is 3.88. The summed E-state index contributed by atoms with van der Waals surface area (Å²) in [6.07, 6.45) is 0. The Morgan fingerprint density at radius 2 is 1.53 bits per heavy atom. The van der Waals surface area contributed by atoms with Crippen molar-refractivity contribution in [2.45, 2.75) is 0 Å². The van der Waals surface area contributed by atoms with Gasteiger partial charge in [-0.05, 0) is 45.2 Å². The molecule has 0 saturated heterocycles. The molecule has 17 heavy (non-hydrogen) atoms. The molecule has 81 valence electrons. The molecule has 0 spiro atoms. The summed E-state index contributed by atoms with van der Waals surface area (Å²) < 4.78 is 0. The molecule has 3 aromatic rings. The van der Waals surface area contributed by atoms with Gasteiger partial charge in [-0.3, -0.25) is 0 Å². The first kappa shape index (κ1) is 10.3. The average Bonchev–Trinajstić information content (AvgIpc) is 2.35. The van der Waals surface area contributed by atoms with Crippen LogP contribution in [0, 0.1) is 6.07 Å². The van der Waals surface area contributed by atoms with Crippen LogP contribution >= 0.6 is 0 Å². The van der Waals surface area contributed by atoms with E-state index in [1.165, 1.54) is 5.39 Å². The fourth-order valence-corrected chi connectivity index (χ4v) is 2.03. The second-order valence-electron chi connectivity index (χ2n) is 4.07. The summed E-state index contributed by atoms with van der Waals surface area (Å²) in [5.74, 6) is 0. The van der Waals surface area contributed by atoms with Crippen LogP contribution < -0.4 is 5.46 Å². The van der Waals surface area contributed by atoms with Gasteiger partial charge in [0.15, 0.2) is 0 Å². The highest BCUT2D eigenvalue weighted by Crippen LogP contribution is 2.21. The van der Waals surface area contributed by atoms with Crippen LogP contribution in [0.3, 0.4) is 0 Å². The number of fused-ring (bicyclic) bond motifs is 2. The zero-order valence-corrected chi connectivity index (χ0v) is 9.09. The summed E-state index contributed by atoms with van der Waals surface area (Å²) >= 11 is 0. The molecule has 3 aromatic carbocycles. The lowest BCUT2D eigenvalue weighted by Crippen LogP contribution is -2.29. The minimum Gasteiger partial charge on any atom is -0.423 e. The maximum atomic E-state index is 9.12. The Hall–Kier alpha value is -1.84. The molecule has 0 aliphatic carbocycles. The van der Waals surface area contributed by atoms with Crippen LogP contribution in [-0.4, -0.2) is 17.2 Å². The molecule has 2 nitrogen and oxygen atoms in total. The van der Waals surface area contributed by atoms with Gasteiger partial charge < -0.3 is 10.0 Å². The number of hydrogen-bond donors (Lipinski definition) is 2. The molecular weight excluding hydrogens is 211 g/mol. The minimum absolute atomic E-state index is 0.396. The van der Waals surface area contributed by atoms with Crippen LogP contribution in [-0.2, 0) is 0 Å². The van der Waals surface area contributed by atoms with E-state index in [1.54, 1.807) is 6.07 Å². The van der Waals surface area contributed by atoms with Crippen molar-refractivity contribution in [3.63, 3.8) is 0 Å². The molecule has 0 unspecified atom stereocenters. The second-order valence-corrected chi connectivity index (χ2v) is 4.07.